The second kappa shape index (κ2) is 2.58. The number of aliphatic carboxylic acids is 1. The van der Waals surface area contributed by atoms with Gasteiger partial charge in [0, 0.05) is 6.42 Å². The van der Waals surface area contributed by atoms with Gasteiger partial charge in [0.15, 0.2) is 0 Å². The predicted octanol–water partition coefficient (Wildman–Crippen LogP) is 0.579. The highest BCUT2D eigenvalue weighted by Gasteiger charge is 2.51. The molecule has 0 amide bonds. The van der Waals surface area contributed by atoms with Crippen LogP contribution in [0, 0.1) is 11.8 Å². The molecule has 2 aliphatic rings. The molecule has 1 heterocycles. The summed E-state index contributed by atoms with van der Waals surface area (Å²) < 4.78 is 4.96. The van der Waals surface area contributed by atoms with Crippen molar-refractivity contribution in [2.24, 2.45) is 11.8 Å². The monoisotopic (exact) mass is 182 g/mol. The summed E-state index contributed by atoms with van der Waals surface area (Å²) in [5, 5.41) is 8.90. The third-order valence-corrected chi connectivity index (χ3v) is 2.73. The normalized spacial score (nSPS) is 36.8. The number of carbonyl (C=O) groups is 2. The zero-order chi connectivity index (χ0) is 9.59. The summed E-state index contributed by atoms with van der Waals surface area (Å²) in [6.45, 7) is 1.78. The quantitative estimate of drug-likeness (QED) is 0.476. The van der Waals surface area contributed by atoms with Gasteiger partial charge in [0.05, 0.1) is 5.92 Å². The number of carboxylic acids is 1. The highest BCUT2D eigenvalue weighted by Crippen LogP contribution is 2.39. The molecule has 13 heavy (non-hydrogen) atoms. The lowest BCUT2D eigenvalue weighted by Crippen LogP contribution is -2.32. The van der Waals surface area contributed by atoms with Crippen molar-refractivity contribution in [3.8, 4) is 0 Å². The van der Waals surface area contributed by atoms with E-state index in [0.29, 0.717) is 6.42 Å². The second-order valence-electron chi connectivity index (χ2n) is 3.50. The first-order chi connectivity index (χ1) is 6.11. The minimum Gasteiger partial charge on any atom is -0.481 e. The number of hydrogen-bond acceptors (Lipinski definition) is 3. The molecule has 70 valence electrons. The SMILES string of the molecule is CC1=CCC2OC(=O)C1C2C(=O)O. The standard InChI is InChI=1S/C9H10O4/c1-4-2-3-5-7(8(10)11)6(4)9(12)13-5/h2,5-7H,3H2,1H3,(H,10,11). The van der Waals surface area contributed by atoms with Gasteiger partial charge in [0.2, 0.25) is 0 Å². The number of ether oxygens (including phenoxy) is 1. The molecule has 1 aliphatic heterocycles. The van der Waals surface area contributed by atoms with Crippen LogP contribution in [0.15, 0.2) is 11.6 Å². The van der Waals surface area contributed by atoms with Crippen molar-refractivity contribution >= 4 is 11.9 Å². The third-order valence-electron chi connectivity index (χ3n) is 2.73. The molecule has 3 atom stereocenters. The van der Waals surface area contributed by atoms with E-state index < -0.39 is 23.9 Å². The molecule has 4 heteroatoms. The van der Waals surface area contributed by atoms with Crippen molar-refractivity contribution in [2.45, 2.75) is 19.4 Å². The Balaban J connectivity index is 2.38. The topological polar surface area (TPSA) is 63.6 Å². The molecule has 1 N–H and O–H groups in total. The Bertz CT molecular complexity index is 305. The number of rotatable bonds is 1. The summed E-state index contributed by atoms with van der Waals surface area (Å²) in [4.78, 5) is 22.1. The molecular formula is C9H10O4. The van der Waals surface area contributed by atoms with Gasteiger partial charge in [0.1, 0.15) is 12.0 Å². The van der Waals surface area contributed by atoms with Crippen molar-refractivity contribution in [1.29, 1.82) is 0 Å². The van der Waals surface area contributed by atoms with Gasteiger partial charge in [0.25, 0.3) is 0 Å². The summed E-state index contributed by atoms with van der Waals surface area (Å²) in [5.41, 5.74) is 0.825. The summed E-state index contributed by atoms with van der Waals surface area (Å²) in [6.07, 6.45) is 1.98. The maximum Gasteiger partial charge on any atom is 0.314 e. The van der Waals surface area contributed by atoms with Crippen molar-refractivity contribution < 1.29 is 19.4 Å². The van der Waals surface area contributed by atoms with E-state index in [-0.39, 0.29) is 5.97 Å². The molecule has 0 aromatic rings. The summed E-state index contributed by atoms with van der Waals surface area (Å²) >= 11 is 0. The highest BCUT2D eigenvalue weighted by molar-refractivity contribution is 5.87. The maximum atomic E-state index is 11.3. The zero-order valence-corrected chi connectivity index (χ0v) is 7.19. The van der Waals surface area contributed by atoms with Gasteiger partial charge in [-0.25, -0.2) is 0 Å². The number of carbonyl (C=O) groups excluding carboxylic acids is 1. The molecule has 0 spiro atoms. The van der Waals surface area contributed by atoms with Crippen LogP contribution in [0.2, 0.25) is 0 Å². The summed E-state index contributed by atoms with van der Waals surface area (Å²) in [5.74, 6) is -2.54. The van der Waals surface area contributed by atoms with Crippen molar-refractivity contribution in [1.82, 2.24) is 0 Å². The van der Waals surface area contributed by atoms with Gasteiger partial charge in [-0.2, -0.15) is 0 Å². The minimum atomic E-state index is -0.937. The van der Waals surface area contributed by atoms with E-state index in [4.69, 9.17) is 9.84 Å². The Hall–Kier alpha value is -1.32. The molecule has 1 fully saturated rings. The van der Waals surface area contributed by atoms with E-state index in [0.717, 1.165) is 5.57 Å². The van der Waals surface area contributed by atoms with Crippen LogP contribution in [0.3, 0.4) is 0 Å². The Morgan fingerprint density at radius 1 is 1.69 bits per heavy atom. The summed E-state index contributed by atoms with van der Waals surface area (Å²) in [6, 6.07) is 0. The minimum absolute atomic E-state index is 0.386. The van der Waals surface area contributed by atoms with Crippen LogP contribution in [0.1, 0.15) is 13.3 Å². The van der Waals surface area contributed by atoms with Gasteiger partial charge in [-0.3, -0.25) is 9.59 Å². The third kappa shape index (κ3) is 1.05. The molecular weight excluding hydrogens is 172 g/mol. The zero-order valence-electron chi connectivity index (χ0n) is 7.19. The lowest BCUT2D eigenvalue weighted by molar-refractivity contribution is -0.144. The lowest BCUT2D eigenvalue weighted by atomic mass is 9.80. The Labute approximate surface area is 75.2 Å². The average molecular weight is 182 g/mol. The Kier molecular flexibility index (Phi) is 1.65. The number of hydrogen-bond donors (Lipinski definition) is 1. The highest BCUT2D eigenvalue weighted by atomic mass is 16.6. The number of esters is 1. The fraction of sp³-hybridized carbons (Fsp3) is 0.556. The molecule has 2 rings (SSSR count). The van der Waals surface area contributed by atoms with Crippen LogP contribution >= 0.6 is 0 Å². The maximum absolute atomic E-state index is 11.3. The van der Waals surface area contributed by atoms with Crippen LogP contribution in [0.5, 0.6) is 0 Å². The summed E-state index contributed by atoms with van der Waals surface area (Å²) in [7, 11) is 0. The second-order valence-corrected chi connectivity index (χ2v) is 3.50. The van der Waals surface area contributed by atoms with Crippen molar-refractivity contribution in [3.63, 3.8) is 0 Å². The molecule has 4 nitrogen and oxygen atoms in total. The van der Waals surface area contributed by atoms with Gasteiger partial charge in [-0.05, 0) is 6.92 Å². The van der Waals surface area contributed by atoms with E-state index in [1.54, 1.807) is 6.92 Å². The fourth-order valence-corrected chi connectivity index (χ4v) is 2.05. The van der Waals surface area contributed by atoms with Crippen LogP contribution < -0.4 is 0 Å². The van der Waals surface area contributed by atoms with E-state index in [2.05, 4.69) is 0 Å². The predicted molar refractivity (Wildman–Crippen MR) is 42.9 cm³/mol. The number of fused-ring (bicyclic) bond motifs is 2. The van der Waals surface area contributed by atoms with E-state index in [1.165, 1.54) is 0 Å². The van der Waals surface area contributed by atoms with Gasteiger partial charge in [-0.1, -0.05) is 11.6 Å². The van der Waals surface area contributed by atoms with Gasteiger partial charge in [-0.15, -0.1) is 0 Å². The molecule has 1 aliphatic carbocycles. The van der Waals surface area contributed by atoms with E-state index in [9.17, 15) is 9.59 Å². The molecule has 0 aromatic carbocycles. The Morgan fingerprint density at radius 2 is 2.38 bits per heavy atom. The van der Waals surface area contributed by atoms with E-state index in [1.807, 2.05) is 6.08 Å². The lowest BCUT2D eigenvalue weighted by Gasteiger charge is -2.20. The van der Waals surface area contributed by atoms with Crippen LogP contribution in [0.25, 0.3) is 0 Å². The molecule has 0 radical (unpaired) electrons. The first kappa shape index (κ1) is 8.29. The molecule has 0 saturated carbocycles. The number of carboxylic acid groups (broad SMARTS) is 1. The van der Waals surface area contributed by atoms with E-state index >= 15 is 0 Å². The largest absolute Gasteiger partial charge is 0.481 e. The van der Waals surface area contributed by atoms with Crippen LogP contribution in [0.4, 0.5) is 0 Å². The van der Waals surface area contributed by atoms with Crippen LogP contribution in [-0.4, -0.2) is 23.1 Å². The molecule has 3 unspecified atom stereocenters. The Morgan fingerprint density at radius 3 is 2.92 bits per heavy atom. The first-order valence-corrected chi connectivity index (χ1v) is 4.21. The average Bonchev–Trinajstić information content (AvgIpc) is 2.31. The van der Waals surface area contributed by atoms with Crippen molar-refractivity contribution in [2.75, 3.05) is 0 Å². The smallest absolute Gasteiger partial charge is 0.314 e. The van der Waals surface area contributed by atoms with Crippen molar-refractivity contribution in [3.05, 3.63) is 11.6 Å². The molecule has 2 bridgehead atoms. The fourth-order valence-electron chi connectivity index (χ4n) is 2.05. The van der Waals surface area contributed by atoms with Gasteiger partial charge >= 0.3 is 11.9 Å². The van der Waals surface area contributed by atoms with Crippen LogP contribution in [-0.2, 0) is 14.3 Å². The molecule has 0 aromatic heterocycles. The van der Waals surface area contributed by atoms with Gasteiger partial charge < -0.3 is 9.84 Å². The molecule has 1 saturated heterocycles. The first-order valence-electron chi connectivity index (χ1n) is 4.21.